The molecule has 0 aliphatic rings. The second-order valence-corrected chi connectivity index (χ2v) is 6.54. The smallest absolute Gasteiger partial charge is 0.136 e. The zero-order valence-corrected chi connectivity index (χ0v) is 14.8. The molecular weight excluding hydrogens is 357 g/mol. The maximum atomic E-state index is 13.0. The number of nitriles is 1. The highest BCUT2D eigenvalue weighted by Gasteiger charge is 2.09. The van der Waals surface area contributed by atoms with Crippen LogP contribution in [0.5, 0.6) is 0 Å². The summed E-state index contributed by atoms with van der Waals surface area (Å²) in [5.74, 6) is -0.294. The van der Waals surface area contributed by atoms with E-state index in [9.17, 15) is 9.65 Å². The first-order valence-corrected chi connectivity index (χ1v) is 8.68. The summed E-state index contributed by atoms with van der Waals surface area (Å²) in [6.45, 7) is 1.90. The van der Waals surface area contributed by atoms with E-state index >= 15 is 0 Å². The molecule has 124 valence electrons. The fourth-order valence-corrected chi connectivity index (χ4v) is 3.18. The highest BCUT2D eigenvalue weighted by molar-refractivity contribution is 7.11. The summed E-state index contributed by atoms with van der Waals surface area (Å²) in [4.78, 5) is 4.47. The quantitative estimate of drug-likeness (QED) is 0.583. The monoisotopic (exact) mass is 369 g/mol. The van der Waals surface area contributed by atoms with E-state index in [1.807, 2.05) is 30.5 Å². The van der Waals surface area contributed by atoms with Gasteiger partial charge in [0.25, 0.3) is 0 Å². The highest BCUT2D eigenvalue weighted by Crippen LogP contribution is 2.27. The maximum Gasteiger partial charge on any atom is 0.136 e. The lowest BCUT2D eigenvalue weighted by molar-refractivity contribution is 0.628. The van der Waals surface area contributed by atoms with Crippen LogP contribution in [0, 0.1) is 24.1 Å². The molecule has 3 nitrogen and oxygen atoms in total. The lowest BCUT2D eigenvalue weighted by Crippen LogP contribution is -1.94. The minimum Gasteiger partial charge on any atom is -0.360 e. The number of hydrogen-bond donors (Lipinski definition) is 1. The number of halogens is 2. The standard InChI is InChI=1S/C19H13ClFN3S/c1-12-16(20)3-2-4-17(12)23-10-14(9-22)19-24-18(11-25-19)13-5-7-15(21)8-6-13/h2-8,10-11,23H,1H3/b14-10+. The van der Waals surface area contributed by atoms with Crippen LogP contribution < -0.4 is 5.32 Å². The molecule has 3 aromatic rings. The van der Waals surface area contributed by atoms with Crippen LogP contribution in [0.25, 0.3) is 16.8 Å². The molecule has 0 aliphatic heterocycles. The van der Waals surface area contributed by atoms with Crippen molar-refractivity contribution in [3.8, 4) is 17.3 Å². The SMILES string of the molecule is Cc1c(Cl)cccc1N/C=C(\C#N)c1nc(-c2ccc(F)cc2)cs1. The van der Waals surface area contributed by atoms with Crippen molar-refractivity contribution in [2.45, 2.75) is 6.92 Å². The Morgan fingerprint density at radius 3 is 2.76 bits per heavy atom. The van der Waals surface area contributed by atoms with Gasteiger partial charge in [-0.1, -0.05) is 17.7 Å². The first kappa shape index (κ1) is 17.2. The van der Waals surface area contributed by atoms with Gasteiger partial charge in [0.2, 0.25) is 0 Å². The van der Waals surface area contributed by atoms with Crippen LogP contribution in [0.4, 0.5) is 10.1 Å². The molecule has 0 bridgehead atoms. The number of benzene rings is 2. The van der Waals surface area contributed by atoms with E-state index < -0.39 is 0 Å². The van der Waals surface area contributed by atoms with Gasteiger partial charge < -0.3 is 5.32 Å². The van der Waals surface area contributed by atoms with Gasteiger partial charge in [-0.2, -0.15) is 5.26 Å². The third-order valence-corrected chi connectivity index (χ3v) is 4.92. The molecule has 0 saturated carbocycles. The summed E-state index contributed by atoms with van der Waals surface area (Å²) in [6.07, 6.45) is 1.62. The summed E-state index contributed by atoms with van der Waals surface area (Å²) in [6, 6.07) is 13.8. The van der Waals surface area contributed by atoms with E-state index in [1.54, 1.807) is 18.3 Å². The Morgan fingerprint density at radius 2 is 2.04 bits per heavy atom. The van der Waals surface area contributed by atoms with Crippen LogP contribution in [-0.4, -0.2) is 4.98 Å². The number of allylic oxidation sites excluding steroid dienone is 1. The third-order valence-electron chi connectivity index (χ3n) is 3.63. The Morgan fingerprint density at radius 1 is 1.28 bits per heavy atom. The van der Waals surface area contributed by atoms with Crippen molar-refractivity contribution in [3.63, 3.8) is 0 Å². The van der Waals surface area contributed by atoms with Crippen LogP contribution >= 0.6 is 22.9 Å². The molecule has 1 heterocycles. The van der Waals surface area contributed by atoms with Gasteiger partial charge in [-0.3, -0.25) is 0 Å². The van der Waals surface area contributed by atoms with Crippen molar-refractivity contribution in [1.29, 1.82) is 5.26 Å². The molecule has 0 unspecified atom stereocenters. The van der Waals surface area contributed by atoms with Crippen LogP contribution in [0.1, 0.15) is 10.6 Å². The van der Waals surface area contributed by atoms with E-state index in [0.717, 1.165) is 16.8 Å². The van der Waals surface area contributed by atoms with Crippen LogP contribution in [-0.2, 0) is 0 Å². The van der Waals surface area contributed by atoms with E-state index in [0.29, 0.717) is 21.3 Å². The van der Waals surface area contributed by atoms with Crippen LogP contribution in [0.2, 0.25) is 5.02 Å². The summed E-state index contributed by atoms with van der Waals surface area (Å²) in [7, 11) is 0. The number of rotatable bonds is 4. The molecule has 25 heavy (non-hydrogen) atoms. The van der Waals surface area contributed by atoms with Gasteiger partial charge in [-0.25, -0.2) is 9.37 Å². The number of thiazole rings is 1. The Bertz CT molecular complexity index is 971. The van der Waals surface area contributed by atoms with Crippen LogP contribution in [0.15, 0.2) is 54.0 Å². The zero-order chi connectivity index (χ0) is 17.8. The normalized spacial score (nSPS) is 11.2. The van der Waals surface area contributed by atoms with Gasteiger partial charge in [-0.05, 0) is 48.9 Å². The molecule has 0 radical (unpaired) electrons. The largest absolute Gasteiger partial charge is 0.360 e. The fraction of sp³-hybridized carbons (Fsp3) is 0.0526. The summed E-state index contributed by atoms with van der Waals surface area (Å²) in [5, 5.41) is 15.6. The molecule has 3 rings (SSSR count). The second-order valence-electron chi connectivity index (χ2n) is 5.27. The molecule has 0 amide bonds. The number of nitrogens with zero attached hydrogens (tertiary/aromatic N) is 2. The first-order chi connectivity index (χ1) is 12.1. The van der Waals surface area contributed by atoms with E-state index in [-0.39, 0.29) is 5.82 Å². The lowest BCUT2D eigenvalue weighted by atomic mass is 10.2. The van der Waals surface area contributed by atoms with E-state index in [4.69, 9.17) is 11.6 Å². The van der Waals surface area contributed by atoms with Gasteiger partial charge in [0.05, 0.1) is 5.69 Å². The summed E-state index contributed by atoms with van der Waals surface area (Å²) < 4.78 is 13.0. The predicted molar refractivity (Wildman–Crippen MR) is 101 cm³/mol. The molecule has 2 aromatic carbocycles. The Balaban J connectivity index is 1.85. The zero-order valence-electron chi connectivity index (χ0n) is 13.3. The van der Waals surface area contributed by atoms with Gasteiger partial charge in [0, 0.05) is 27.9 Å². The predicted octanol–water partition coefficient (Wildman–Crippen LogP) is 5.89. The number of nitrogens with one attached hydrogen (secondary N) is 1. The Hall–Kier alpha value is -2.68. The van der Waals surface area contributed by atoms with Crippen molar-refractivity contribution >= 4 is 34.2 Å². The lowest BCUT2D eigenvalue weighted by Gasteiger charge is -2.07. The van der Waals surface area contributed by atoms with Gasteiger partial charge in [0.15, 0.2) is 0 Å². The first-order valence-electron chi connectivity index (χ1n) is 7.42. The molecule has 0 aliphatic carbocycles. The van der Waals surface area contributed by atoms with E-state index in [1.165, 1.54) is 23.5 Å². The number of aromatic nitrogens is 1. The van der Waals surface area contributed by atoms with Crippen LogP contribution in [0.3, 0.4) is 0 Å². The molecule has 0 saturated heterocycles. The molecule has 1 aromatic heterocycles. The molecular formula is C19H13ClFN3S. The average Bonchev–Trinajstić information content (AvgIpc) is 3.09. The summed E-state index contributed by atoms with van der Waals surface area (Å²) >= 11 is 7.46. The number of hydrogen-bond acceptors (Lipinski definition) is 4. The molecule has 1 N–H and O–H groups in total. The minimum absolute atomic E-state index is 0.294. The highest BCUT2D eigenvalue weighted by atomic mass is 35.5. The third kappa shape index (κ3) is 3.87. The van der Waals surface area contributed by atoms with E-state index in [2.05, 4.69) is 16.4 Å². The second kappa shape index (κ2) is 7.47. The van der Waals surface area contributed by atoms with Crippen molar-refractivity contribution in [2.75, 3.05) is 5.32 Å². The van der Waals surface area contributed by atoms with Crippen molar-refractivity contribution in [1.82, 2.24) is 4.98 Å². The molecule has 6 heteroatoms. The Labute approximate surface area is 154 Å². The van der Waals surface area contributed by atoms with Crippen molar-refractivity contribution in [3.05, 3.63) is 75.5 Å². The van der Waals surface area contributed by atoms with Crippen molar-refractivity contribution in [2.24, 2.45) is 0 Å². The van der Waals surface area contributed by atoms with Crippen molar-refractivity contribution < 1.29 is 4.39 Å². The maximum absolute atomic E-state index is 13.0. The summed E-state index contributed by atoms with van der Waals surface area (Å²) in [5.41, 5.74) is 3.66. The van der Waals surface area contributed by atoms with Gasteiger partial charge in [-0.15, -0.1) is 11.3 Å². The fourth-order valence-electron chi connectivity index (χ4n) is 2.21. The Kier molecular flexibility index (Phi) is 5.13. The molecule has 0 atom stereocenters. The van der Waals surface area contributed by atoms with Gasteiger partial charge >= 0.3 is 0 Å². The minimum atomic E-state index is -0.294. The number of anilines is 1. The molecule has 0 spiro atoms. The topological polar surface area (TPSA) is 48.7 Å². The molecule has 0 fully saturated rings. The van der Waals surface area contributed by atoms with Gasteiger partial charge in [0.1, 0.15) is 22.5 Å². The average molecular weight is 370 g/mol.